The molecule has 1 amide bonds. The molecule has 168 valence electrons. The minimum Gasteiger partial charge on any atom is -0.488 e. The van der Waals surface area contributed by atoms with E-state index in [1.807, 2.05) is 36.4 Å². The number of nitrogens with one attached hydrogen (secondary N) is 1. The predicted octanol–water partition coefficient (Wildman–Crippen LogP) is 3.25. The second-order valence-electron chi connectivity index (χ2n) is 7.76. The van der Waals surface area contributed by atoms with Crippen LogP contribution >= 0.6 is 0 Å². The van der Waals surface area contributed by atoms with E-state index in [1.54, 1.807) is 16.7 Å². The molecule has 0 spiro atoms. The Bertz CT molecular complexity index is 1320. The number of methoxy groups -OCH3 is 1. The van der Waals surface area contributed by atoms with Crippen LogP contribution in [0.25, 0.3) is 17.0 Å². The number of imidazole rings is 1. The zero-order chi connectivity index (χ0) is 22.8. The molecule has 0 atom stereocenters. The van der Waals surface area contributed by atoms with Crippen LogP contribution < -0.4 is 20.5 Å². The smallest absolute Gasteiger partial charge is 0.304 e. The van der Waals surface area contributed by atoms with Crippen molar-refractivity contribution in [2.75, 3.05) is 19.0 Å². The first-order chi connectivity index (χ1) is 16.2. The molecule has 0 bridgehead atoms. The Labute approximate surface area is 190 Å². The maximum Gasteiger partial charge on any atom is 0.304 e. The predicted molar refractivity (Wildman–Crippen MR) is 124 cm³/mol. The summed E-state index contributed by atoms with van der Waals surface area (Å²) >= 11 is 0. The van der Waals surface area contributed by atoms with Gasteiger partial charge < -0.3 is 20.5 Å². The Balaban J connectivity index is 1.65. The summed E-state index contributed by atoms with van der Waals surface area (Å²) in [7, 11) is 1.52. The van der Waals surface area contributed by atoms with Crippen molar-refractivity contribution in [1.29, 1.82) is 0 Å². The Hall–Kier alpha value is -4.14. The molecule has 3 N–H and O–H groups in total. The van der Waals surface area contributed by atoms with Crippen molar-refractivity contribution < 1.29 is 14.3 Å². The largest absolute Gasteiger partial charge is 0.488 e. The lowest BCUT2D eigenvalue weighted by atomic mass is 10.2. The fraction of sp³-hybridized carbons (Fsp3) is 0.250. The van der Waals surface area contributed by atoms with E-state index in [4.69, 9.17) is 25.2 Å². The number of nitrogens with zero attached hydrogens (tertiary/aromatic N) is 4. The number of ether oxygens (including phenoxy) is 2. The molecule has 2 aromatic carbocycles. The van der Waals surface area contributed by atoms with Gasteiger partial charge in [0.05, 0.1) is 30.5 Å². The average molecular weight is 444 g/mol. The summed E-state index contributed by atoms with van der Waals surface area (Å²) < 4.78 is 13.3. The van der Waals surface area contributed by atoms with Crippen molar-refractivity contribution in [2.24, 2.45) is 5.73 Å². The van der Waals surface area contributed by atoms with Gasteiger partial charge in [0.1, 0.15) is 5.52 Å². The molecule has 33 heavy (non-hydrogen) atoms. The van der Waals surface area contributed by atoms with Crippen molar-refractivity contribution in [3.05, 3.63) is 65.4 Å². The van der Waals surface area contributed by atoms with Crippen molar-refractivity contribution in [3.8, 4) is 17.7 Å². The van der Waals surface area contributed by atoms with Gasteiger partial charge in [-0.1, -0.05) is 36.4 Å². The second-order valence-corrected chi connectivity index (χ2v) is 7.76. The summed E-state index contributed by atoms with van der Waals surface area (Å²) in [5, 5.41) is 3.41. The summed E-state index contributed by atoms with van der Waals surface area (Å²) in [5.41, 5.74) is 8.89. The van der Waals surface area contributed by atoms with Crippen LogP contribution in [-0.2, 0) is 13.0 Å². The fourth-order valence-electron chi connectivity index (χ4n) is 3.98. The van der Waals surface area contributed by atoms with Crippen molar-refractivity contribution >= 4 is 22.8 Å². The van der Waals surface area contributed by atoms with Crippen LogP contribution in [0.2, 0.25) is 0 Å². The molecule has 9 heteroatoms. The van der Waals surface area contributed by atoms with Gasteiger partial charge >= 0.3 is 6.01 Å². The summed E-state index contributed by atoms with van der Waals surface area (Å²) in [6, 6.07) is 15.6. The maximum atomic E-state index is 11.9. The van der Waals surface area contributed by atoms with Crippen LogP contribution in [0.5, 0.6) is 11.8 Å². The van der Waals surface area contributed by atoms with E-state index in [0.29, 0.717) is 47.3 Å². The highest BCUT2D eigenvalue weighted by Crippen LogP contribution is 2.33. The Morgan fingerprint density at radius 1 is 1.12 bits per heavy atom. The van der Waals surface area contributed by atoms with Gasteiger partial charge in [0, 0.05) is 6.54 Å². The Kier molecular flexibility index (Phi) is 5.52. The number of para-hydroxylation sites is 1. The van der Waals surface area contributed by atoms with Gasteiger partial charge in [-0.15, -0.1) is 0 Å². The number of amides is 1. The quantitative estimate of drug-likeness (QED) is 0.469. The number of fused-ring (bicyclic) bond motifs is 2. The number of carbonyl (C=O) groups excluding carboxylic acids is 1. The molecule has 2 aromatic heterocycles. The molecule has 0 saturated heterocycles. The number of aromatic nitrogens is 4. The third-order valence-electron chi connectivity index (χ3n) is 5.58. The van der Waals surface area contributed by atoms with Gasteiger partial charge in [-0.2, -0.15) is 9.97 Å². The highest BCUT2D eigenvalue weighted by Gasteiger charge is 2.24. The third-order valence-corrected chi connectivity index (χ3v) is 5.58. The molecule has 1 aliphatic heterocycles. The Morgan fingerprint density at radius 2 is 1.97 bits per heavy atom. The standard InChI is InChI=1S/C24H24N6O3/c1-32-24-28-19-16(21(25)31)10-7-12-18(19)30(24)23-27-17-11-5-6-13-33-20(17)22(29-23)26-14-15-8-3-2-4-9-15/h2-4,7-10,12H,5-6,11,13-14H2,1H3,(H2,25,31)(H,26,27,29). The molecule has 9 nitrogen and oxygen atoms in total. The van der Waals surface area contributed by atoms with Crippen LogP contribution in [0.3, 0.4) is 0 Å². The van der Waals surface area contributed by atoms with Crippen LogP contribution in [0.15, 0.2) is 48.5 Å². The summed E-state index contributed by atoms with van der Waals surface area (Å²) in [5.74, 6) is 1.11. The topological polar surface area (TPSA) is 117 Å². The molecule has 3 heterocycles. The van der Waals surface area contributed by atoms with Crippen LogP contribution in [-0.4, -0.2) is 39.1 Å². The van der Waals surface area contributed by atoms with E-state index in [1.165, 1.54) is 7.11 Å². The molecule has 0 fully saturated rings. The summed E-state index contributed by atoms with van der Waals surface area (Å²) in [6.07, 6.45) is 2.69. The molecule has 0 unspecified atom stereocenters. The van der Waals surface area contributed by atoms with Crippen molar-refractivity contribution in [3.63, 3.8) is 0 Å². The minimum atomic E-state index is -0.561. The van der Waals surface area contributed by atoms with E-state index in [0.717, 1.165) is 30.5 Å². The zero-order valence-electron chi connectivity index (χ0n) is 18.2. The van der Waals surface area contributed by atoms with Gasteiger partial charge in [-0.05, 0) is 37.0 Å². The fourth-order valence-corrected chi connectivity index (χ4v) is 3.98. The average Bonchev–Trinajstić information content (AvgIpc) is 3.05. The van der Waals surface area contributed by atoms with E-state index in [-0.39, 0.29) is 6.01 Å². The van der Waals surface area contributed by atoms with Crippen LogP contribution in [0, 0.1) is 0 Å². The zero-order valence-corrected chi connectivity index (χ0v) is 18.2. The first-order valence-corrected chi connectivity index (χ1v) is 10.8. The molecule has 0 aliphatic carbocycles. The first kappa shape index (κ1) is 20.7. The molecule has 0 radical (unpaired) electrons. The number of anilines is 1. The number of rotatable bonds is 6. The van der Waals surface area contributed by atoms with Crippen LogP contribution in [0.1, 0.15) is 34.5 Å². The number of primary amides is 1. The lowest BCUT2D eigenvalue weighted by Gasteiger charge is -2.16. The molecule has 4 aromatic rings. The first-order valence-electron chi connectivity index (χ1n) is 10.8. The monoisotopic (exact) mass is 444 g/mol. The van der Waals surface area contributed by atoms with E-state index in [9.17, 15) is 4.79 Å². The van der Waals surface area contributed by atoms with Gasteiger partial charge in [-0.25, -0.2) is 9.55 Å². The van der Waals surface area contributed by atoms with Gasteiger partial charge in [0.2, 0.25) is 5.95 Å². The van der Waals surface area contributed by atoms with Crippen molar-refractivity contribution in [2.45, 2.75) is 25.8 Å². The lowest BCUT2D eigenvalue weighted by molar-refractivity contribution is 0.100. The number of benzene rings is 2. The SMILES string of the molecule is COc1nc2c(C(N)=O)cccc2n1-c1nc2c(c(NCc3ccccc3)n1)OCCCC2. The molecular weight excluding hydrogens is 420 g/mol. The highest BCUT2D eigenvalue weighted by atomic mass is 16.5. The van der Waals surface area contributed by atoms with E-state index in [2.05, 4.69) is 10.3 Å². The number of carbonyl (C=O) groups is 1. The molecule has 1 aliphatic rings. The molecular formula is C24H24N6O3. The second kappa shape index (κ2) is 8.78. The van der Waals surface area contributed by atoms with Gasteiger partial charge in [0.25, 0.3) is 5.91 Å². The minimum absolute atomic E-state index is 0.266. The lowest BCUT2D eigenvalue weighted by Crippen LogP contribution is -2.12. The van der Waals surface area contributed by atoms with Crippen molar-refractivity contribution in [1.82, 2.24) is 19.5 Å². The summed E-state index contributed by atoms with van der Waals surface area (Å²) in [4.78, 5) is 26.0. The van der Waals surface area contributed by atoms with Gasteiger partial charge in [0.15, 0.2) is 11.6 Å². The summed E-state index contributed by atoms with van der Waals surface area (Å²) in [6.45, 7) is 1.20. The molecule has 5 rings (SSSR count). The Morgan fingerprint density at radius 3 is 2.76 bits per heavy atom. The maximum absolute atomic E-state index is 11.9. The number of aryl methyl sites for hydroxylation is 1. The number of hydrogen-bond acceptors (Lipinski definition) is 7. The van der Waals surface area contributed by atoms with Crippen LogP contribution in [0.4, 0.5) is 5.82 Å². The number of nitrogens with two attached hydrogens (primary N) is 1. The normalized spacial score (nSPS) is 13.1. The number of hydrogen-bond donors (Lipinski definition) is 2. The third kappa shape index (κ3) is 3.93. The van der Waals surface area contributed by atoms with E-state index >= 15 is 0 Å². The van der Waals surface area contributed by atoms with E-state index < -0.39 is 5.91 Å². The highest BCUT2D eigenvalue weighted by molar-refractivity contribution is 6.04. The molecule has 0 saturated carbocycles. The van der Waals surface area contributed by atoms with Gasteiger partial charge in [-0.3, -0.25) is 4.79 Å².